The number of rotatable bonds is 0. The molecule has 1 nitrogen and oxygen atoms in total. The Labute approximate surface area is 562 Å². The fourth-order valence-electron chi connectivity index (χ4n) is 9.72. The molecule has 498 valence electrons. The van der Waals surface area contributed by atoms with Crippen LogP contribution in [0.15, 0.2) is 194 Å². The molecule has 9 aromatic rings. The topological polar surface area (TPSA) is 12.9 Å². The van der Waals surface area contributed by atoms with Crippen LogP contribution in [0.25, 0.3) is 38.4 Å². The first-order valence-electron chi connectivity index (χ1n) is 35.3. The van der Waals surface area contributed by atoms with E-state index in [2.05, 4.69) is 312 Å². The fourth-order valence-corrected chi connectivity index (χ4v) is 9.72. The van der Waals surface area contributed by atoms with Crippen LogP contribution in [0.4, 0.5) is 0 Å². The largest absolute Gasteiger partial charge is 0.264 e. The number of benzene rings is 8. The van der Waals surface area contributed by atoms with Crippen LogP contribution < -0.4 is 0 Å². The fraction of sp³-hybridized carbons (Fsp3) is 0.456. The minimum Gasteiger partial charge on any atom is -0.264 e. The monoisotopic (exact) mass is 1230 g/mol. The van der Waals surface area contributed by atoms with E-state index in [0.29, 0.717) is 10.8 Å². The summed E-state index contributed by atoms with van der Waals surface area (Å²) >= 11 is 0. The molecule has 1 heterocycles. The average Bonchev–Trinajstić information content (AvgIpc) is 1.50. The first-order chi connectivity index (χ1) is 43.0. The van der Waals surface area contributed by atoms with Crippen LogP contribution in [0.1, 0.15) is 276 Å². The Hall–Kier alpha value is -6.57. The van der Waals surface area contributed by atoms with Gasteiger partial charge in [-0.2, -0.15) is 0 Å². The molecular formula is C90H133N. The molecule has 11 rings (SSSR count). The molecule has 0 amide bonds. The summed E-state index contributed by atoms with van der Waals surface area (Å²) in [5, 5.41) is 7.94. The van der Waals surface area contributed by atoms with Crippen LogP contribution in [0, 0.1) is 0 Å². The summed E-state index contributed by atoms with van der Waals surface area (Å²) < 4.78 is 0. The van der Waals surface area contributed by atoms with Gasteiger partial charge in [-0.25, -0.2) is 0 Å². The number of nitrogens with zero attached hydrogens (tertiary/aromatic N) is 1. The molecule has 1 heteroatoms. The Kier molecular flexibility index (Phi) is 38.8. The van der Waals surface area contributed by atoms with Crippen molar-refractivity contribution in [3.8, 4) is 0 Å². The van der Waals surface area contributed by atoms with Crippen molar-refractivity contribution in [3.05, 3.63) is 250 Å². The van der Waals surface area contributed by atoms with Gasteiger partial charge in [-0.3, -0.25) is 4.98 Å². The zero-order valence-electron chi connectivity index (χ0n) is 64.0. The lowest BCUT2D eigenvalue weighted by Gasteiger charge is -2.23. The molecule has 2 aliphatic rings. The Morgan fingerprint density at radius 2 is 0.604 bits per heavy atom. The summed E-state index contributed by atoms with van der Waals surface area (Å²) in [6.45, 7) is 64.4. The average molecular weight is 1230 g/mol. The van der Waals surface area contributed by atoms with Crippen molar-refractivity contribution in [3.63, 3.8) is 0 Å². The quantitative estimate of drug-likeness (QED) is 0.138. The van der Waals surface area contributed by atoms with E-state index in [9.17, 15) is 0 Å². The highest BCUT2D eigenvalue weighted by Gasteiger charge is 2.19. The van der Waals surface area contributed by atoms with Crippen molar-refractivity contribution >= 4 is 38.4 Å². The van der Waals surface area contributed by atoms with E-state index < -0.39 is 0 Å². The lowest BCUT2D eigenvalue weighted by atomic mass is 9.82. The number of aryl methyl sites for hydroxylation is 2. The molecule has 8 aromatic carbocycles. The summed E-state index contributed by atoms with van der Waals surface area (Å²) in [5.74, 6) is 0. The van der Waals surface area contributed by atoms with Gasteiger partial charge in [0.05, 0.1) is 0 Å². The maximum absolute atomic E-state index is 4.05. The van der Waals surface area contributed by atoms with Gasteiger partial charge in [0.1, 0.15) is 0 Å². The summed E-state index contributed by atoms with van der Waals surface area (Å²) in [5.41, 5.74) is 16.0. The first-order valence-corrected chi connectivity index (χ1v) is 35.3. The zero-order chi connectivity index (χ0) is 69.8. The number of allylic oxidation sites excluding steroid dienone is 1. The van der Waals surface area contributed by atoms with Crippen LogP contribution >= 0.6 is 0 Å². The molecular weight excluding hydrogens is 1090 g/mol. The van der Waals surface area contributed by atoms with Crippen LogP contribution in [0.2, 0.25) is 0 Å². The molecule has 0 bridgehead atoms. The summed E-state index contributed by atoms with van der Waals surface area (Å²) in [4.78, 5) is 4.05. The Morgan fingerprint density at radius 1 is 0.264 bits per heavy atom. The van der Waals surface area contributed by atoms with Gasteiger partial charge in [0, 0.05) is 12.4 Å². The van der Waals surface area contributed by atoms with E-state index in [1.807, 2.05) is 95.3 Å². The third kappa shape index (κ3) is 29.7. The van der Waals surface area contributed by atoms with E-state index >= 15 is 0 Å². The minimum atomic E-state index is 0.208. The predicted molar refractivity (Wildman–Crippen MR) is 419 cm³/mol. The lowest BCUT2D eigenvalue weighted by molar-refractivity contribution is 0.585. The highest BCUT2D eigenvalue weighted by molar-refractivity contribution is 5.98. The molecule has 1 aromatic heterocycles. The Morgan fingerprint density at radius 3 is 1.03 bits per heavy atom. The smallest absolute Gasteiger partial charge is 0.0305 e. The maximum Gasteiger partial charge on any atom is 0.0305 e. The Bertz CT molecular complexity index is 3330. The molecule has 2 aliphatic carbocycles. The van der Waals surface area contributed by atoms with Gasteiger partial charge in [0.25, 0.3) is 0 Å². The van der Waals surface area contributed by atoms with Crippen LogP contribution in [-0.2, 0) is 51.8 Å². The zero-order valence-corrected chi connectivity index (χ0v) is 64.0. The second-order valence-electron chi connectivity index (χ2n) is 28.1. The number of pyridine rings is 1. The number of fused-ring (bicyclic) bond motifs is 5. The normalized spacial score (nSPS) is 11.8. The second kappa shape index (κ2) is 41.8. The third-order valence-corrected chi connectivity index (χ3v) is 15.2. The predicted octanol–water partition coefficient (Wildman–Crippen LogP) is 28.4. The van der Waals surface area contributed by atoms with E-state index in [1.165, 1.54) is 103 Å². The number of aromatic nitrogens is 1. The second-order valence-corrected chi connectivity index (χ2v) is 28.1. The standard InChI is InChI=1S/C18H18.C14H20.C14H16.C13H16.C10H14.C9H13N.6C2H6/c1-18(2,3)17-9-8-15-10-13-6-4-5-7-14(13)11-16(15)12-17;2*1-14(2,3)13-9-8-11-6-4-5-7-12(11)10-13;1-13(2,3)12-8-7-10-5-4-6-11(10)9-12;1-10(2,3)9-7-5-4-6-8-9;1-9(2,3)8-5-4-6-10-7-8;6*1-2/h4-12H,1-3H3;8-10H,4-7H2,1-3H3;4-10H,1-3H3;4,6-9H,5H2,1-3H3;4-8H,1-3H3;4-7H,1-3H3;6*1-2H3. The molecule has 0 fully saturated rings. The molecule has 0 atom stereocenters. The van der Waals surface area contributed by atoms with Gasteiger partial charge in [0.15, 0.2) is 0 Å². The van der Waals surface area contributed by atoms with E-state index in [4.69, 9.17) is 0 Å². The lowest BCUT2D eigenvalue weighted by Crippen LogP contribution is -2.13. The van der Waals surface area contributed by atoms with E-state index in [-0.39, 0.29) is 21.7 Å². The van der Waals surface area contributed by atoms with E-state index in [1.54, 1.807) is 17.3 Å². The molecule has 0 spiro atoms. The molecule has 0 radical (unpaired) electrons. The van der Waals surface area contributed by atoms with Crippen LogP contribution in [-0.4, -0.2) is 4.98 Å². The molecule has 0 saturated heterocycles. The van der Waals surface area contributed by atoms with E-state index in [0.717, 1.165) is 6.42 Å². The van der Waals surface area contributed by atoms with Crippen molar-refractivity contribution in [2.24, 2.45) is 0 Å². The maximum atomic E-state index is 4.05. The summed E-state index contributed by atoms with van der Waals surface area (Å²) in [6, 6.07) is 63.7. The third-order valence-electron chi connectivity index (χ3n) is 15.2. The Balaban J connectivity index is 0.00000104. The van der Waals surface area contributed by atoms with Crippen molar-refractivity contribution in [2.45, 2.75) is 272 Å². The molecule has 0 unspecified atom stereocenters. The molecule has 0 aliphatic heterocycles. The molecule has 91 heavy (non-hydrogen) atoms. The van der Waals surface area contributed by atoms with Gasteiger partial charge in [0.2, 0.25) is 0 Å². The first kappa shape index (κ1) is 84.4. The SMILES string of the molecule is CC.CC.CC.CC.CC.CC.CC(C)(C)c1ccc2c(c1)C=CC2.CC(C)(C)c1ccc2c(c1)CCCC2.CC(C)(C)c1ccc2cc3ccccc3cc2c1.CC(C)(C)c1ccc2ccccc2c1.CC(C)(C)c1ccccc1.CC(C)(C)c1cccnc1. The minimum absolute atomic E-state index is 0.208. The highest BCUT2D eigenvalue weighted by atomic mass is 14.6. The number of hydrogen-bond acceptors (Lipinski definition) is 1. The van der Waals surface area contributed by atoms with Crippen molar-refractivity contribution in [1.29, 1.82) is 0 Å². The number of hydrogen-bond donors (Lipinski definition) is 0. The summed E-state index contributed by atoms with van der Waals surface area (Å²) in [6.07, 6.45) is 14.6. The van der Waals surface area contributed by atoms with Gasteiger partial charge in [-0.15, -0.1) is 0 Å². The van der Waals surface area contributed by atoms with Crippen molar-refractivity contribution in [1.82, 2.24) is 4.98 Å². The van der Waals surface area contributed by atoms with Gasteiger partial charge in [-0.1, -0.05) is 378 Å². The van der Waals surface area contributed by atoms with Crippen LogP contribution in [0.5, 0.6) is 0 Å². The van der Waals surface area contributed by atoms with Crippen molar-refractivity contribution < 1.29 is 0 Å². The van der Waals surface area contributed by atoms with Gasteiger partial charge < -0.3 is 0 Å². The van der Waals surface area contributed by atoms with Crippen molar-refractivity contribution in [2.75, 3.05) is 0 Å². The van der Waals surface area contributed by atoms with Gasteiger partial charge in [-0.05, 0) is 171 Å². The highest BCUT2D eigenvalue weighted by Crippen LogP contribution is 2.32. The van der Waals surface area contributed by atoms with Crippen LogP contribution in [0.3, 0.4) is 0 Å². The van der Waals surface area contributed by atoms with Gasteiger partial charge >= 0.3 is 0 Å². The molecule has 0 N–H and O–H groups in total. The molecule has 0 saturated carbocycles. The summed E-state index contributed by atoms with van der Waals surface area (Å²) in [7, 11) is 0.